The highest BCUT2D eigenvalue weighted by molar-refractivity contribution is 5.86. The zero-order valence-electron chi connectivity index (χ0n) is 10.0. The van der Waals surface area contributed by atoms with Gasteiger partial charge in [0.2, 0.25) is 0 Å². The van der Waals surface area contributed by atoms with E-state index in [0.717, 1.165) is 12.1 Å². The van der Waals surface area contributed by atoms with Crippen molar-refractivity contribution < 1.29 is 9.53 Å². The molecule has 6 heteroatoms. The van der Waals surface area contributed by atoms with Crippen LogP contribution in [-0.2, 0) is 10.3 Å². The summed E-state index contributed by atoms with van der Waals surface area (Å²) in [6.45, 7) is 2.03. The second-order valence-corrected chi connectivity index (χ2v) is 4.08. The fourth-order valence-corrected chi connectivity index (χ4v) is 1.69. The Kier molecular flexibility index (Phi) is 2.79. The number of carbonyl (C=O) groups excluding carboxylic acids is 1. The van der Waals surface area contributed by atoms with Gasteiger partial charge in [0.25, 0.3) is 0 Å². The van der Waals surface area contributed by atoms with Gasteiger partial charge in [-0.1, -0.05) is 0 Å². The molecular formula is C11H14N4O2. The van der Waals surface area contributed by atoms with Crippen molar-refractivity contribution in [3.05, 3.63) is 23.8 Å². The van der Waals surface area contributed by atoms with Gasteiger partial charge >= 0.3 is 5.97 Å². The van der Waals surface area contributed by atoms with Gasteiger partial charge in [0, 0.05) is 19.7 Å². The van der Waals surface area contributed by atoms with E-state index in [0.29, 0.717) is 0 Å². The molecule has 0 saturated carbocycles. The van der Waals surface area contributed by atoms with E-state index in [2.05, 4.69) is 19.8 Å². The molecule has 0 fully saturated rings. The number of hydrogen-bond donors (Lipinski definition) is 0. The minimum Gasteiger partial charge on any atom is -0.464 e. The molecule has 0 radical (unpaired) electrons. The van der Waals surface area contributed by atoms with Crippen molar-refractivity contribution in [2.24, 2.45) is 5.10 Å². The number of aromatic nitrogens is 2. The lowest BCUT2D eigenvalue weighted by molar-refractivity contribution is 0.0593. The van der Waals surface area contributed by atoms with Crippen molar-refractivity contribution in [1.82, 2.24) is 15.0 Å². The van der Waals surface area contributed by atoms with E-state index in [1.54, 1.807) is 6.20 Å². The minimum absolute atomic E-state index is 0.210. The van der Waals surface area contributed by atoms with Gasteiger partial charge in [0.05, 0.1) is 25.2 Å². The quantitative estimate of drug-likeness (QED) is 0.708. The highest BCUT2D eigenvalue weighted by atomic mass is 16.5. The van der Waals surface area contributed by atoms with Crippen LogP contribution in [0.4, 0.5) is 0 Å². The van der Waals surface area contributed by atoms with E-state index < -0.39 is 5.97 Å². The van der Waals surface area contributed by atoms with Crippen LogP contribution >= 0.6 is 0 Å². The molecular weight excluding hydrogens is 220 g/mol. The predicted octanol–water partition coefficient (Wildman–Crippen LogP) is 0.800. The van der Waals surface area contributed by atoms with Crippen LogP contribution in [-0.4, -0.2) is 41.3 Å². The molecule has 1 atom stereocenters. The van der Waals surface area contributed by atoms with Gasteiger partial charge in [-0.2, -0.15) is 5.10 Å². The van der Waals surface area contributed by atoms with Crippen molar-refractivity contribution in [3.8, 4) is 0 Å². The minimum atomic E-state index is -0.481. The fraction of sp³-hybridized carbons (Fsp3) is 0.455. The summed E-state index contributed by atoms with van der Waals surface area (Å²) in [5, 5.41) is 6.03. The maximum absolute atomic E-state index is 11.2. The number of carbonyl (C=O) groups is 1. The van der Waals surface area contributed by atoms with Gasteiger partial charge in [-0.05, 0) is 6.92 Å². The van der Waals surface area contributed by atoms with Crippen molar-refractivity contribution in [2.45, 2.75) is 18.9 Å². The Balaban J connectivity index is 2.27. The Morgan fingerprint density at radius 1 is 1.47 bits per heavy atom. The van der Waals surface area contributed by atoms with Gasteiger partial charge in [-0.3, -0.25) is 9.99 Å². The lowest BCUT2D eigenvalue weighted by Crippen LogP contribution is -2.35. The van der Waals surface area contributed by atoms with Crippen molar-refractivity contribution in [1.29, 1.82) is 0 Å². The van der Waals surface area contributed by atoms with Gasteiger partial charge in [0.1, 0.15) is 5.54 Å². The van der Waals surface area contributed by atoms with Crippen molar-refractivity contribution in [3.63, 3.8) is 0 Å². The fourth-order valence-electron chi connectivity index (χ4n) is 1.69. The van der Waals surface area contributed by atoms with Gasteiger partial charge in [-0.15, -0.1) is 0 Å². The number of nitrogens with zero attached hydrogens (tertiary/aromatic N) is 4. The summed E-state index contributed by atoms with van der Waals surface area (Å²) >= 11 is 0. The molecule has 1 unspecified atom stereocenters. The highest BCUT2D eigenvalue weighted by Gasteiger charge is 2.35. The van der Waals surface area contributed by atoms with Crippen LogP contribution in [0.3, 0.4) is 0 Å². The first-order chi connectivity index (χ1) is 8.08. The molecule has 0 spiro atoms. The van der Waals surface area contributed by atoms with E-state index in [4.69, 9.17) is 0 Å². The van der Waals surface area contributed by atoms with Crippen LogP contribution in [0.2, 0.25) is 0 Å². The highest BCUT2D eigenvalue weighted by Crippen LogP contribution is 2.31. The molecule has 90 valence electrons. The Labute approximate surface area is 99.3 Å². The summed E-state index contributed by atoms with van der Waals surface area (Å²) in [4.78, 5) is 19.6. The largest absolute Gasteiger partial charge is 0.464 e. The summed E-state index contributed by atoms with van der Waals surface area (Å²) < 4.78 is 4.57. The molecule has 0 saturated heterocycles. The third-order valence-electron chi connectivity index (χ3n) is 3.06. The van der Waals surface area contributed by atoms with E-state index >= 15 is 0 Å². The molecule has 1 aromatic heterocycles. The standard InChI is InChI=1S/C11H14N4O2/c1-11(4-5-14-15(11)2)9-7-12-8(6-13-9)10(16)17-3/h5-7H,4H2,1-3H3. The average Bonchev–Trinajstić information content (AvgIpc) is 2.70. The smallest absolute Gasteiger partial charge is 0.358 e. The molecule has 1 aliphatic rings. The Bertz CT molecular complexity index is 457. The molecule has 17 heavy (non-hydrogen) atoms. The van der Waals surface area contributed by atoms with Gasteiger partial charge in [0.15, 0.2) is 5.69 Å². The molecule has 1 aliphatic heterocycles. The van der Waals surface area contributed by atoms with Crippen LogP contribution in [0.1, 0.15) is 29.5 Å². The summed E-state index contributed by atoms with van der Waals surface area (Å²) in [6.07, 6.45) is 5.64. The van der Waals surface area contributed by atoms with Crippen molar-refractivity contribution in [2.75, 3.05) is 14.2 Å². The summed E-state index contributed by atoms with van der Waals surface area (Å²) in [7, 11) is 3.21. The number of hydrazone groups is 1. The van der Waals surface area contributed by atoms with E-state index in [-0.39, 0.29) is 11.2 Å². The summed E-state index contributed by atoms with van der Waals surface area (Å²) in [5.74, 6) is -0.481. The topological polar surface area (TPSA) is 67.7 Å². The number of methoxy groups -OCH3 is 1. The third-order valence-corrected chi connectivity index (χ3v) is 3.06. The lowest BCUT2D eigenvalue weighted by Gasteiger charge is -2.30. The molecule has 6 nitrogen and oxygen atoms in total. The normalized spacial score (nSPS) is 22.9. The summed E-state index contributed by atoms with van der Waals surface area (Å²) in [5.41, 5.74) is 0.702. The van der Waals surface area contributed by atoms with Crippen LogP contribution in [0, 0.1) is 0 Å². The SMILES string of the molecule is COC(=O)c1cnc(C2(C)CC=NN2C)cn1. The van der Waals surface area contributed by atoms with Crippen LogP contribution in [0.15, 0.2) is 17.5 Å². The Morgan fingerprint density at radius 2 is 2.24 bits per heavy atom. The van der Waals surface area contributed by atoms with Gasteiger partial charge < -0.3 is 4.74 Å². The van der Waals surface area contributed by atoms with E-state index in [1.165, 1.54) is 13.3 Å². The molecule has 0 N–H and O–H groups in total. The Hall–Kier alpha value is -1.98. The number of rotatable bonds is 2. The molecule has 2 heterocycles. The van der Waals surface area contributed by atoms with E-state index in [9.17, 15) is 4.79 Å². The van der Waals surface area contributed by atoms with Crippen LogP contribution in [0.5, 0.6) is 0 Å². The molecule has 0 aromatic carbocycles. The van der Waals surface area contributed by atoms with E-state index in [1.807, 2.05) is 25.2 Å². The lowest BCUT2D eigenvalue weighted by atomic mass is 9.95. The predicted molar refractivity (Wildman–Crippen MR) is 61.6 cm³/mol. The molecule has 1 aromatic rings. The average molecular weight is 234 g/mol. The second kappa shape index (κ2) is 4.12. The molecule has 0 bridgehead atoms. The van der Waals surface area contributed by atoms with Crippen LogP contribution < -0.4 is 0 Å². The number of esters is 1. The molecule has 0 aliphatic carbocycles. The number of ether oxygens (including phenoxy) is 1. The van der Waals surface area contributed by atoms with Gasteiger partial charge in [-0.25, -0.2) is 9.78 Å². The number of hydrogen-bond acceptors (Lipinski definition) is 6. The first kappa shape index (κ1) is 11.5. The maximum Gasteiger partial charge on any atom is 0.358 e. The monoisotopic (exact) mass is 234 g/mol. The molecule has 2 rings (SSSR count). The zero-order valence-corrected chi connectivity index (χ0v) is 10.0. The zero-order chi connectivity index (χ0) is 12.5. The first-order valence-electron chi connectivity index (χ1n) is 5.25. The maximum atomic E-state index is 11.2. The summed E-state index contributed by atoms with van der Waals surface area (Å²) in [6, 6.07) is 0. The van der Waals surface area contributed by atoms with Crippen LogP contribution in [0.25, 0.3) is 0 Å². The molecule has 0 amide bonds. The second-order valence-electron chi connectivity index (χ2n) is 4.08. The van der Waals surface area contributed by atoms with Crippen molar-refractivity contribution >= 4 is 12.2 Å². The third kappa shape index (κ3) is 1.86. The first-order valence-corrected chi connectivity index (χ1v) is 5.25. The Morgan fingerprint density at radius 3 is 2.71 bits per heavy atom.